The molecule has 0 saturated carbocycles. The second kappa shape index (κ2) is 12.6. The number of hydrogen-bond donors (Lipinski definition) is 0. The van der Waals surface area contributed by atoms with Crippen LogP contribution in [0.25, 0.3) is 115 Å². The summed E-state index contributed by atoms with van der Waals surface area (Å²) in [5.74, 6) is 0. The number of aromatic nitrogens is 3. The van der Waals surface area contributed by atoms with Crippen molar-refractivity contribution in [1.29, 1.82) is 0 Å². The Balaban J connectivity index is 0.939. The summed E-state index contributed by atoms with van der Waals surface area (Å²) in [5, 5.41) is 10.4. The lowest BCUT2D eigenvalue weighted by Gasteiger charge is -2.12. The molecule has 5 nitrogen and oxygen atoms in total. The summed E-state index contributed by atoms with van der Waals surface area (Å²) in [6.45, 7) is 0. The molecule has 284 valence electrons. The van der Waals surface area contributed by atoms with Gasteiger partial charge in [-0.15, -0.1) is 0 Å². The Morgan fingerprint density at radius 1 is 0.279 bits per heavy atom. The molecule has 3 aromatic heterocycles. The van der Waals surface area contributed by atoms with Crippen molar-refractivity contribution in [2.24, 2.45) is 0 Å². The number of nitrogens with zero attached hydrogens (tertiary/aromatic N) is 3. The molecule has 13 aromatic rings. The Labute approximate surface area is 348 Å². The van der Waals surface area contributed by atoms with E-state index in [9.17, 15) is 9.59 Å². The van der Waals surface area contributed by atoms with Crippen LogP contribution < -0.4 is 11.1 Å². The van der Waals surface area contributed by atoms with E-state index in [1.165, 1.54) is 42.6 Å². The molecular formula is C56H33N3O2. The van der Waals surface area contributed by atoms with Crippen molar-refractivity contribution < 1.29 is 0 Å². The molecule has 0 radical (unpaired) electrons. The van der Waals surface area contributed by atoms with E-state index in [1.54, 1.807) is 4.52 Å². The zero-order valence-corrected chi connectivity index (χ0v) is 32.7. The highest BCUT2D eigenvalue weighted by atomic mass is 16.2. The van der Waals surface area contributed by atoms with Crippen molar-refractivity contribution in [3.63, 3.8) is 0 Å². The van der Waals surface area contributed by atoms with Crippen LogP contribution in [0, 0.1) is 0 Å². The van der Waals surface area contributed by atoms with E-state index >= 15 is 0 Å². The molecule has 0 spiro atoms. The summed E-state index contributed by atoms with van der Waals surface area (Å²) in [7, 11) is 0. The number of benzene rings is 10. The minimum atomic E-state index is -0.323. The third kappa shape index (κ3) is 4.77. The zero-order valence-electron chi connectivity index (χ0n) is 32.7. The van der Waals surface area contributed by atoms with E-state index in [2.05, 4.69) is 168 Å². The first-order valence-electron chi connectivity index (χ1n) is 20.6. The monoisotopic (exact) mass is 779 g/mol. The fraction of sp³-hybridized carbons (Fsp3) is 0. The molecule has 0 fully saturated rings. The largest absolute Gasteiger partial charge is 0.309 e. The van der Waals surface area contributed by atoms with Crippen LogP contribution in [0.4, 0.5) is 0 Å². The lowest BCUT2D eigenvalue weighted by molar-refractivity contribution is 0.841. The van der Waals surface area contributed by atoms with Crippen molar-refractivity contribution in [3.8, 4) is 39.1 Å². The number of hydrogen-bond acceptors (Lipinski definition) is 2. The van der Waals surface area contributed by atoms with Gasteiger partial charge in [0.1, 0.15) is 0 Å². The first-order valence-corrected chi connectivity index (χ1v) is 20.6. The van der Waals surface area contributed by atoms with Gasteiger partial charge < -0.3 is 4.57 Å². The van der Waals surface area contributed by atoms with Crippen LogP contribution in [-0.2, 0) is 0 Å². The van der Waals surface area contributed by atoms with Gasteiger partial charge in [0.25, 0.3) is 11.1 Å². The Kier molecular flexibility index (Phi) is 6.96. The van der Waals surface area contributed by atoms with Crippen LogP contribution in [-0.4, -0.2) is 13.6 Å². The van der Waals surface area contributed by atoms with E-state index in [0.29, 0.717) is 21.8 Å². The standard InChI is InChI=1S/C56H33N3O2/c60-55-49-32-37(36-24-29-51-48(31-36)46-17-8-9-19-50(46)57(51)39-26-21-35(22-27-39)34-11-2-1-3-12-34)25-30-52(49)58-53-20-10-18-40(54(53)56(61)59(55)58)38-23-28-45-43-15-5-4-13-41(43)42-14-6-7-16-44(42)47(45)33-38/h1-33H. The van der Waals surface area contributed by atoms with Gasteiger partial charge in [0, 0.05) is 16.5 Å². The predicted molar refractivity (Wildman–Crippen MR) is 253 cm³/mol. The maximum absolute atomic E-state index is 14.5. The molecule has 13 rings (SSSR count). The normalized spacial score (nSPS) is 12.1. The zero-order chi connectivity index (χ0) is 40.3. The maximum Gasteiger partial charge on any atom is 0.283 e. The second-order valence-corrected chi connectivity index (χ2v) is 16.0. The molecule has 0 amide bonds. The van der Waals surface area contributed by atoms with Gasteiger partial charge in [-0.05, 0) is 120 Å². The highest BCUT2D eigenvalue weighted by Gasteiger charge is 2.22. The number of para-hydroxylation sites is 1. The smallest absolute Gasteiger partial charge is 0.283 e. The van der Waals surface area contributed by atoms with Crippen molar-refractivity contribution >= 4 is 75.9 Å². The van der Waals surface area contributed by atoms with Crippen LogP contribution in [0.15, 0.2) is 210 Å². The summed E-state index contributed by atoms with van der Waals surface area (Å²) < 4.78 is 5.43. The molecule has 3 heterocycles. The fourth-order valence-electron chi connectivity index (χ4n) is 10.0. The summed E-state index contributed by atoms with van der Waals surface area (Å²) in [6.07, 6.45) is 0. The molecule has 0 aliphatic carbocycles. The van der Waals surface area contributed by atoms with Crippen molar-refractivity contribution in [1.82, 2.24) is 13.6 Å². The van der Waals surface area contributed by atoms with E-state index in [1.807, 2.05) is 36.4 Å². The quantitative estimate of drug-likeness (QED) is 0.167. The van der Waals surface area contributed by atoms with Crippen molar-refractivity contribution in [2.45, 2.75) is 0 Å². The van der Waals surface area contributed by atoms with E-state index in [4.69, 9.17) is 0 Å². The van der Waals surface area contributed by atoms with Gasteiger partial charge in [-0.3, -0.25) is 9.59 Å². The second-order valence-electron chi connectivity index (χ2n) is 16.0. The van der Waals surface area contributed by atoms with E-state index < -0.39 is 0 Å². The molecule has 0 unspecified atom stereocenters. The van der Waals surface area contributed by atoms with Gasteiger partial charge in [-0.25, -0.2) is 4.52 Å². The molecule has 0 atom stereocenters. The molecule has 0 aliphatic rings. The molecule has 61 heavy (non-hydrogen) atoms. The molecule has 10 aromatic carbocycles. The number of rotatable bonds is 4. The van der Waals surface area contributed by atoms with Gasteiger partial charge >= 0.3 is 0 Å². The summed E-state index contributed by atoms with van der Waals surface area (Å²) in [6, 6.07) is 69.6. The Hall–Kier alpha value is -8.28. The summed E-state index contributed by atoms with van der Waals surface area (Å²) in [5.41, 5.74) is 10.1. The average molecular weight is 780 g/mol. The van der Waals surface area contributed by atoms with Crippen LogP contribution >= 0.6 is 0 Å². The minimum Gasteiger partial charge on any atom is -0.309 e. The predicted octanol–water partition coefficient (Wildman–Crippen LogP) is 13.1. The maximum atomic E-state index is 14.5. The van der Waals surface area contributed by atoms with E-state index in [-0.39, 0.29) is 11.1 Å². The molecule has 0 aliphatic heterocycles. The Bertz CT molecular complexity index is 4050. The van der Waals surface area contributed by atoms with Crippen molar-refractivity contribution in [3.05, 3.63) is 221 Å². The lowest BCUT2D eigenvalue weighted by atomic mass is 9.91. The average Bonchev–Trinajstić information content (AvgIpc) is 3.93. The third-order valence-electron chi connectivity index (χ3n) is 12.8. The lowest BCUT2D eigenvalue weighted by Crippen LogP contribution is -2.21. The Morgan fingerprint density at radius 3 is 1.51 bits per heavy atom. The Morgan fingerprint density at radius 2 is 0.787 bits per heavy atom. The molecule has 5 heteroatoms. The first-order chi connectivity index (χ1) is 30.1. The summed E-state index contributed by atoms with van der Waals surface area (Å²) >= 11 is 0. The van der Waals surface area contributed by atoms with E-state index in [0.717, 1.165) is 55.1 Å². The summed E-state index contributed by atoms with van der Waals surface area (Å²) in [4.78, 5) is 28.9. The van der Waals surface area contributed by atoms with Crippen LogP contribution in [0.5, 0.6) is 0 Å². The van der Waals surface area contributed by atoms with Crippen LogP contribution in [0.1, 0.15) is 0 Å². The van der Waals surface area contributed by atoms with Gasteiger partial charge in [0.05, 0.1) is 32.8 Å². The highest BCUT2D eigenvalue weighted by Crippen LogP contribution is 2.39. The van der Waals surface area contributed by atoms with Gasteiger partial charge in [0.15, 0.2) is 0 Å². The first kappa shape index (κ1) is 33.7. The third-order valence-corrected chi connectivity index (χ3v) is 12.8. The molecule has 0 saturated heterocycles. The fourth-order valence-corrected chi connectivity index (χ4v) is 10.0. The number of fused-ring (bicyclic) bond motifs is 14. The van der Waals surface area contributed by atoms with Gasteiger partial charge in [0.2, 0.25) is 0 Å². The molecular weight excluding hydrogens is 747 g/mol. The van der Waals surface area contributed by atoms with Crippen LogP contribution in [0.3, 0.4) is 0 Å². The topological polar surface area (TPSA) is 47.9 Å². The van der Waals surface area contributed by atoms with Crippen LogP contribution in [0.2, 0.25) is 0 Å². The molecule has 0 bridgehead atoms. The highest BCUT2D eigenvalue weighted by molar-refractivity contribution is 6.26. The van der Waals surface area contributed by atoms with Crippen molar-refractivity contribution in [2.75, 3.05) is 0 Å². The SMILES string of the molecule is O=c1c2cc(-c3ccc4c(c3)c3ccccc3n4-c3ccc(-c4ccccc4)cc3)ccc2n2c3cccc(-c4ccc5c6ccccc6c6ccccc6c5c4)c3c(=O)n12. The van der Waals surface area contributed by atoms with Gasteiger partial charge in [-0.1, -0.05) is 146 Å². The minimum absolute atomic E-state index is 0.317. The van der Waals surface area contributed by atoms with Gasteiger partial charge in [-0.2, -0.15) is 4.52 Å². The molecule has 0 N–H and O–H groups in total.